The number of allylic oxidation sites excluding steroid dienone is 1. The Morgan fingerprint density at radius 3 is 2.71 bits per heavy atom. The van der Waals surface area contributed by atoms with Crippen LogP contribution in [0.2, 0.25) is 0 Å². The summed E-state index contributed by atoms with van der Waals surface area (Å²) in [6.07, 6.45) is 2.42. The van der Waals surface area contributed by atoms with E-state index in [1.165, 1.54) is 11.8 Å². The number of aliphatic imine (C=N–C) groups is 2. The Kier molecular flexibility index (Phi) is 3.70. The molecule has 0 aromatic heterocycles. The third-order valence-corrected chi connectivity index (χ3v) is 4.25. The molecule has 106 valence electrons. The van der Waals surface area contributed by atoms with Crippen LogP contribution in [-0.4, -0.2) is 33.8 Å². The minimum Gasteiger partial charge on any atom is -0.481 e. The Morgan fingerprint density at radius 1 is 1.24 bits per heavy atom. The van der Waals surface area contributed by atoms with E-state index in [9.17, 15) is 9.59 Å². The van der Waals surface area contributed by atoms with E-state index in [-0.39, 0.29) is 17.6 Å². The van der Waals surface area contributed by atoms with Gasteiger partial charge in [0.05, 0.1) is 5.71 Å². The fraction of sp³-hybridized carbons (Fsp3) is 0.200. The van der Waals surface area contributed by atoms with Crippen LogP contribution in [-0.2, 0) is 16.0 Å². The molecule has 21 heavy (non-hydrogen) atoms. The van der Waals surface area contributed by atoms with E-state index >= 15 is 0 Å². The third kappa shape index (κ3) is 2.95. The van der Waals surface area contributed by atoms with Gasteiger partial charge in [-0.15, -0.1) is 11.8 Å². The molecule has 0 saturated carbocycles. The first-order chi connectivity index (χ1) is 10.1. The van der Waals surface area contributed by atoms with Crippen molar-refractivity contribution in [3.8, 4) is 0 Å². The molecule has 0 bridgehead atoms. The summed E-state index contributed by atoms with van der Waals surface area (Å²) >= 11 is 1.42. The van der Waals surface area contributed by atoms with Gasteiger partial charge in [-0.2, -0.15) is 4.99 Å². The van der Waals surface area contributed by atoms with Crippen molar-refractivity contribution in [2.75, 3.05) is 0 Å². The number of thioether (sulfide) groups is 1. The van der Waals surface area contributed by atoms with Crippen molar-refractivity contribution in [3.63, 3.8) is 0 Å². The van der Waals surface area contributed by atoms with Crippen LogP contribution in [0.5, 0.6) is 0 Å². The van der Waals surface area contributed by atoms with Crippen molar-refractivity contribution in [1.82, 2.24) is 0 Å². The summed E-state index contributed by atoms with van der Waals surface area (Å²) < 4.78 is 0. The molecule has 1 aromatic carbocycles. The van der Waals surface area contributed by atoms with Gasteiger partial charge in [-0.3, -0.25) is 9.59 Å². The van der Waals surface area contributed by atoms with E-state index < -0.39 is 5.97 Å². The fourth-order valence-electron chi connectivity index (χ4n) is 2.14. The minimum atomic E-state index is -0.815. The van der Waals surface area contributed by atoms with Crippen molar-refractivity contribution < 1.29 is 14.7 Å². The van der Waals surface area contributed by atoms with E-state index in [0.29, 0.717) is 12.3 Å². The van der Waals surface area contributed by atoms with E-state index in [2.05, 4.69) is 9.98 Å². The Balaban J connectivity index is 1.80. The predicted octanol–water partition coefficient (Wildman–Crippen LogP) is 2.06. The van der Waals surface area contributed by atoms with Crippen LogP contribution in [0.25, 0.3) is 0 Å². The van der Waals surface area contributed by atoms with Crippen molar-refractivity contribution in [2.45, 2.75) is 18.1 Å². The van der Waals surface area contributed by atoms with Crippen LogP contribution in [0.4, 0.5) is 0 Å². The van der Waals surface area contributed by atoms with Gasteiger partial charge in [0, 0.05) is 12.0 Å². The van der Waals surface area contributed by atoms with Crippen LogP contribution in [0.3, 0.4) is 0 Å². The lowest BCUT2D eigenvalue weighted by Gasteiger charge is -2.13. The molecule has 0 spiro atoms. The van der Waals surface area contributed by atoms with Crippen LogP contribution in [0.15, 0.2) is 45.7 Å². The summed E-state index contributed by atoms with van der Waals surface area (Å²) in [5.74, 6) is -0.576. The maximum absolute atomic E-state index is 11.9. The number of benzene rings is 1. The number of nitrogens with zero attached hydrogens (tertiary/aromatic N) is 2. The second-order valence-corrected chi connectivity index (χ2v) is 5.74. The van der Waals surface area contributed by atoms with Gasteiger partial charge in [-0.1, -0.05) is 24.3 Å². The molecular weight excluding hydrogens is 288 g/mol. The monoisotopic (exact) mass is 300 g/mol. The molecule has 0 fully saturated rings. The van der Waals surface area contributed by atoms with Gasteiger partial charge in [0.15, 0.2) is 5.84 Å². The molecule has 0 aliphatic carbocycles. The lowest BCUT2D eigenvalue weighted by Crippen LogP contribution is -2.27. The molecule has 0 saturated heterocycles. The molecule has 2 aliphatic rings. The Morgan fingerprint density at radius 2 is 2.00 bits per heavy atom. The molecule has 1 unspecified atom stereocenters. The summed E-state index contributed by atoms with van der Waals surface area (Å²) in [5, 5.41) is 10.2. The Bertz CT molecular complexity index is 689. The van der Waals surface area contributed by atoms with Gasteiger partial charge in [0.25, 0.3) is 5.91 Å². The van der Waals surface area contributed by atoms with Crippen molar-refractivity contribution in [3.05, 3.63) is 46.9 Å². The van der Waals surface area contributed by atoms with Crippen LogP contribution < -0.4 is 0 Å². The van der Waals surface area contributed by atoms with Gasteiger partial charge in [0.1, 0.15) is 5.25 Å². The first-order valence-corrected chi connectivity index (χ1v) is 7.42. The van der Waals surface area contributed by atoms with Gasteiger partial charge >= 0.3 is 5.97 Å². The van der Waals surface area contributed by atoms with E-state index in [4.69, 9.17) is 5.11 Å². The molecule has 3 rings (SSSR count). The molecule has 1 N–H and O–H groups in total. The standard InChI is InChI=1S/C15H12N2O3S/c18-12(19)6-3-9-1-4-10(5-2-9)14-16-11-7-8-21-13(11)15(20)17-14/h1-2,4-5,7-8,13H,3,6H2,(H,18,19). The minimum absolute atomic E-state index is 0.102. The van der Waals surface area contributed by atoms with Crippen LogP contribution in [0, 0.1) is 0 Å². The van der Waals surface area contributed by atoms with Gasteiger partial charge in [-0.25, -0.2) is 4.99 Å². The molecule has 5 nitrogen and oxygen atoms in total. The normalized spacial score (nSPS) is 20.0. The van der Waals surface area contributed by atoms with Crippen LogP contribution in [0.1, 0.15) is 17.5 Å². The second kappa shape index (κ2) is 5.65. The lowest BCUT2D eigenvalue weighted by atomic mass is 10.1. The zero-order valence-corrected chi connectivity index (χ0v) is 11.8. The zero-order chi connectivity index (χ0) is 14.8. The summed E-state index contributed by atoms with van der Waals surface area (Å²) in [4.78, 5) is 30.9. The highest BCUT2D eigenvalue weighted by Gasteiger charge is 2.30. The largest absolute Gasteiger partial charge is 0.481 e. The average molecular weight is 300 g/mol. The molecule has 0 radical (unpaired) electrons. The number of aliphatic carboxylic acids is 1. The maximum atomic E-state index is 11.9. The molecule has 6 heteroatoms. The highest BCUT2D eigenvalue weighted by Crippen LogP contribution is 2.27. The first-order valence-electron chi connectivity index (χ1n) is 6.48. The van der Waals surface area contributed by atoms with E-state index in [1.807, 2.05) is 35.7 Å². The van der Waals surface area contributed by atoms with Crippen molar-refractivity contribution >= 4 is 35.2 Å². The Labute approximate surface area is 125 Å². The molecule has 1 amide bonds. The number of carboxylic acids is 1. The van der Waals surface area contributed by atoms with Gasteiger partial charge < -0.3 is 5.11 Å². The zero-order valence-electron chi connectivity index (χ0n) is 11.0. The topological polar surface area (TPSA) is 79.1 Å². The summed E-state index contributed by atoms with van der Waals surface area (Å²) in [7, 11) is 0. The number of rotatable bonds is 4. The number of amides is 1. The molecular formula is C15H12N2O3S. The number of hydrogen-bond acceptors (Lipinski definition) is 4. The van der Waals surface area contributed by atoms with Gasteiger partial charge in [-0.05, 0) is 23.5 Å². The second-order valence-electron chi connectivity index (χ2n) is 4.72. The number of aryl methyl sites for hydroxylation is 1. The number of amidine groups is 1. The number of carbonyl (C=O) groups is 2. The summed E-state index contributed by atoms with van der Waals surface area (Å²) in [6, 6.07) is 7.33. The van der Waals surface area contributed by atoms with E-state index in [0.717, 1.165) is 16.8 Å². The molecule has 1 atom stereocenters. The smallest absolute Gasteiger partial charge is 0.303 e. The average Bonchev–Trinajstić information content (AvgIpc) is 2.94. The van der Waals surface area contributed by atoms with Crippen molar-refractivity contribution in [2.24, 2.45) is 9.98 Å². The molecule has 2 heterocycles. The first kappa shape index (κ1) is 13.8. The Hall–Kier alpha value is -2.21. The predicted molar refractivity (Wildman–Crippen MR) is 81.9 cm³/mol. The number of hydrogen-bond donors (Lipinski definition) is 1. The molecule has 2 aliphatic heterocycles. The number of carbonyl (C=O) groups excluding carboxylic acids is 1. The fourth-order valence-corrected chi connectivity index (χ4v) is 2.95. The quantitative estimate of drug-likeness (QED) is 0.923. The highest BCUT2D eigenvalue weighted by atomic mass is 32.2. The molecule has 1 aromatic rings. The third-order valence-electron chi connectivity index (χ3n) is 3.24. The van der Waals surface area contributed by atoms with Crippen LogP contribution >= 0.6 is 11.8 Å². The van der Waals surface area contributed by atoms with Crippen molar-refractivity contribution in [1.29, 1.82) is 0 Å². The lowest BCUT2D eigenvalue weighted by molar-refractivity contribution is -0.137. The van der Waals surface area contributed by atoms with E-state index in [1.54, 1.807) is 0 Å². The summed E-state index contributed by atoms with van der Waals surface area (Å²) in [6.45, 7) is 0. The van der Waals surface area contributed by atoms with Gasteiger partial charge in [0.2, 0.25) is 0 Å². The SMILES string of the molecule is O=C(O)CCc1ccc(C2=NC(=O)C3SC=CC3=N2)cc1. The highest BCUT2D eigenvalue weighted by molar-refractivity contribution is 8.04. The number of fused-ring (bicyclic) bond motifs is 1. The summed E-state index contributed by atoms with van der Waals surface area (Å²) in [5.41, 5.74) is 2.44. The number of carboxylic acid groups (broad SMARTS) is 1. The maximum Gasteiger partial charge on any atom is 0.303 e.